The molecule has 0 spiro atoms. The normalized spacial score (nSPS) is 10.5. The Morgan fingerprint density at radius 1 is 0.788 bits per heavy atom. The molecule has 0 heterocycles. The fourth-order valence-electron chi connectivity index (χ4n) is 3.51. The molecule has 0 aliphatic heterocycles. The number of aryl methyl sites for hydroxylation is 1. The van der Waals surface area contributed by atoms with Crippen LogP contribution in [0.5, 0.6) is 0 Å². The predicted octanol–water partition coefficient (Wildman–Crippen LogP) is 6.86. The van der Waals surface area contributed by atoms with Crippen molar-refractivity contribution in [3.05, 3.63) is 130 Å². The lowest BCUT2D eigenvalue weighted by Gasteiger charge is -2.25. The quantitative estimate of drug-likeness (QED) is 0.315. The molecule has 0 atom stereocenters. The average molecular weight is 499 g/mol. The molecule has 33 heavy (non-hydrogen) atoms. The number of anilines is 2. The van der Waals surface area contributed by atoms with Crippen molar-refractivity contribution >= 4 is 39.1 Å². The first kappa shape index (κ1) is 22.5. The molecule has 164 valence electrons. The van der Waals surface area contributed by atoms with E-state index >= 15 is 0 Å². The second-order valence-electron chi connectivity index (χ2n) is 7.72. The summed E-state index contributed by atoms with van der Waals surface area (Å²) in [6.45, 7) is 2.33. The highest BCUT2D eigenvalue weighted by Gasteiger charge is 2.23. The number of para-hydroxylation sites is 1. The van der Waals surface area contributed by atoms with E-state index in [0.717, 1.165) is 15.6 Å². The highest BCUT2D eigenvalue weighted by atomic mass is 79.9. The zero-order valence-electron chi connectivity index (χ0n) is 18.2. The van der Waals surface area contributed by atoms with Crippen molar-refractivity contribution in [1.82, 2.24) is 0 Å². The summed E-state index contributed by atoms with van der Waals surface area (Å²) in [5.74, 6) is -0.440. The summed E-state index contributed by atoms with van der Waals surface area (Å²) >= 11 is 3.46. The van der Waals surface area contributed by atoms with Gasteiger partial charge in [0.15, 0.2) is 0 Å². The Morgan fingerprint density at radius 3 is 2.12 bits per heavy atom. The van der Waals surface area contributed by atoms with E-state index in [9.17, 15) is 9.59 Å². The van der Waals surface area contributed by atoms with E-state index in [2.05, 4.69) is 21.2 Å². The molecular formula is C28H23BrN2O2. The Balaban J connectivity index is 1.71. The molecule has 0 saturated heterocycles. The smallest absolute Gasteiger partial charge is 0.258 e. The van der Waals surface area contributed by atoms with Crippen molar-refractivity contribution in [3.63, 3.8) is 0 Å². The van der Waals surface area contributed by atoms with E-state index in [-0.39, 0.29) is 11.8 Å². The van der Waals surface area contributed by atoms with Gasteiger partial charge >= 0.3 is 0 Å². The van der Waals surface area contributed by atoms with Crippen LogP contribution in [0.4, 0.5) is 11.4 Å². The summed E-state index contributed by atoms with van der Waals surface area (Å²) in [5.41, 5.74) is 4.31. The van der Waals surface area contributed by atoms with Crippen LogP contribution in [-0.4, -0.2) is 11.8 Å². The molecule has 0 unspecified atom stereocenters. The third kappa shape index (κ3) is 5.57. The molecule has 0 aliphatic rings. The molecule has 0 aliphatic carbocycles. The number of rotatable bonds is 6. The maximum Gasteiger partial charge on any atom is 0.258 e. The van der Waals surface area contributed by atoms with Gasteiger partial charge in [0, 0.05) is 15.7 Å². The number of hydrogen-bond donors (Lipinski definition) is 1. The first-order valence-electron chi connectivity index (χ1n) is 10.6. The summed E-state index contributed by atoms with van der Waals surface area (Å²) in [6, 6.07) is 31.7. The maximum atomic E-state index is 13.6. The monoisotopic (exact) mass is 498 g/mol. The van der Waals surface area contributed by atoms with Crippen LogP contribution < -0.4 is 10.2 Å². The van der Waals surface area contributed by atoms with E-state index in [0.29, 0.717) is 29.0 Å². The largest absolute Gasteiger partial charge is 0.322 e. The zero-order chi connectivity index (χ0) is 23.2. The SMILES string of the molecule is Cc1ccc(NC(=O)c2ccccc2N(Cc2ccc(Br)cc2)C(=O)c2ccccc2)cc1. The summed E-state index contributed by atoms with van der Waals surface area (Å²) < 4.78 is 0.963. The third-order valence-corrected chi connectivity index (χ3v) is 5.80. The molecule has 4 aromatic carbocycles. The van der Waals surface area contributed by atoms with Gasteiger partial charge in [0.2, 0.25) is 0 Å². The molecule has 4 rings (SSSR count). The number of nitrogens with zero attached hydrogens (tertiary/aromatic N) is 1. The number of carbonyl (C=O) groups excluding carboxylic acids is 2. The number of halogens is 1. The van der Waals surface area contributed by atoms with Crippen LogP contribution in [-0.2, 0) is 6.54 Å². The predicted molar refractivity (Wildman–Crippen MR) is 137 cm³/mol. The van der Waals surface area contributed by atoms with Crippen LogP contribution in [0, 0.1) is 6.92 Å². The van der Waals surface area contributed by atoms with Crippen molar-refractivity contribution in [2.45, 2.75) is 13.5 Å². The number of amides is 2. The van der Waals surface area contributed by atoms with Crippen molar-refractivity contribution < 1.29 is 9.59 Å². The summed E-state index contributed by atoms with van der Waals surface area (Å²) in [4.78, 5) is 28.5. The molecular weight excluding hydrogens is 476 g/mol. The number of nitrogens with one attached hydrogen (secondary N) is 1. The van der Waals surface area contributed by atoms with E-state index in [1.807, 2.05) is 85.8 Å². The van der Waals surface area contributed by atoms with E-state index in [1.54, 1.807) is 29.2 Å². The summed E-state index contributed by atoms with van der Waals surface area (Å²) in [5, 5.41) is 2.95. The second-order valence-corrected chi connectivity index (χ2v) is 8.64. The van der Waals surface area contributed by atoms with Crippen LogP contribution in [0.25, 0.3) is 0 Å². The van der Waals surface area contributed by atoms with Crippen LogP contribution in [0.15, 0.2) is 108 Å². The van der Waals surface area contributed by atoms with Gasteiger partial charge in [-0.2, -0.15) is 0 Å². The van der Waals surface area contributed by atoms with Gasteiger partial charge in [0.25, 0.3) is 11.8 Å². The van der Waals surface area contributed by atoms with Gasteiger partial charge < -0.3 is 10.2 Å². The van der Waals surface area contributed by atoms with Gasteiger partial charge in [-0.25, -0.2) is 0 Å². The highest BCUT2D eigenvalue weighted by molar-refractivity contribution is 9.10. The Bertz CT molecular complexity index is 1250. The van der Waals surface area contributed by atoms with E-state index < -0.39 is 0 Å². The molecule has 0 saturated carbocycles. The molecule has 1 N–H and O–H groups in total. The molecule has 4 nitrogen and oxygen atoms in total. The van der Waals surface area contributed by atoms with Gasteiger partial charge in [-0.15, -0.1) is 0 Å². The lowest BCUT2D eigenvalue weighted by atomic mass is 10.1. The molecule has 2 amide bonds. The highest BCUT2D eigenvalue weighted by Crippen LogP contribution is 2.26. The number of carbonyl (C=O) groups is 2. The minimum Gasteiger partial charge on any atom is -0.322 e. The minimum absolute atomic E-state index is 0.172. The summed E-state index contributed by atoms with van der Waals surface area (Å²) in [6.07, 6.45) is 0. The fourth-order valence-corrected chi connectivity index (χ4v) is 3.78. The maximum absolute atomic E-state index is 13.6. The van der Waals surface area contributed by atoms with Crippen molar-refractivity contribution in [2.75, 3.05) is 10.2 Å². The van der Waals surface area contributed by atoms with Gasteiger partial charge in [0.1, 0.15) is 0 Å². The molecule has 0 aromatic heterocycles. The molecule has 4 aromatic rings. The molecule has 0 bridgehead atoms. The zero-order valence-corrected chi connectivity index (χ0v) is 19.7. The Morgan fingerprint density at radius 2 is 1.42 bits per heavy atom. The van der Waals surface area contributed by atoms with E-state index in [4.69, 9.17) is 0 Å². The third-order valence-electron chi connectivity index (χ3n) is 5.27. The first-order chi connectivity index (χ1) is 16.0. The standard InChI is InChI=1S/C28H23BrN2O2/c1-20-11-17-24(18-12-20)30-27(32)25-9-5-6-10-26(25)31(19-21-13-15-23(29)16-14-21)28(33)22-7-3-2-4-8-22/h2-18H,19H2,1H3,(H,30,32). The Labute approximate surface area is 202 Å². The van der Waals surface area contributed by atoms with Gasteiger partial charge in [-0.05, 0) is 61.0 Å². The minimum atomic E-state index is -0.267. The molecule has 0 fully saturated rings. The lowest BCUT2D eigenvalue weighted by molar-refractivity contribution is 0.0985. The van der Waals surface area contributed by atoms with Gasteiger partial charge in [-0.1, -0.05) is 76.1 Å². The number of benzene rings is 4. The second kappa shape index (κ2) is 10.3. The van der Waals surface area contributed by atoms with E-state index in [1.165, 1.54) is 0 Å². The van der Waals surface area contributed by atoms with Crippen LogP contribution in [0.2, 0.25) is 0 Å². The van der Waals surface area contributed by atoms with Crippen LogP contribution in [0.3, 0.4) is 0 Å². The number of hydrogen-bond acceptors (Lipinski definition) is 2. The average Bonchev–Trinajstić information content (AvgIpc) is 2.85. The Hall–Kier alpha value is -3.70. The molecule has 5 heteroatoms. The lowest BCUT2D eigenvalue weighted by Crippen LogP contribution is -2.32. The van der Waals surface area contributed by atoms with Gasteiger partial charge in [-0.3, -0.25) is 9.59 Å². The van der Waals surface area contributed by atoms with Crippen molar-refractivity contribution in [3.8, 4) is 0 Å². The van der Waals surface area contributed by atoms with Crippen LogP contribution in [0.1, 0.15) is 31.8 Å². The molecule has 0 radical (unpaired) electrons. The van der Waals surface area contributed by atoms with Crippen molar-refractivity contribution in [2.24, 2.45) is 0 Å². The first-order valence-corrected chi connectivity index (χ1v) is 11.4. The topological polar surface area (TPSA) is 49.4 Å². The fraction of sp³-hybridized carbons (Fsp3) is 0.0714. The van der Waals surface area contributed by atoms with Crippen LogP contribution >= 0.6 is 15.9 Å². The van der Waals surface area contributed by atoms with Crippen molar-refractivity contribution in [1.29, 1.82) is 0 Å². The van der Waals surface area contributed by atoms with Gasteiger partial charge in [0.05, 0.1) is 17.8 Å². The summed E-state index contributed by atoms with van der Waals surface area (Å²) in [7, 11) is 0. The Kier molecular flexibility index (Phi) is 7.01.